The average molecular weight is 373 g/mol. The largest absolute Gasteiger partial charge is 0.455 e. The van der Waals surface area contributed by atoms with E-state index in [0.29, 0.717) is 5.16 Å². The molecule has 1 aromatic heterocycles. The number of hydrogen-bond acceptors (Lipinski definition) is 6. The monoisotopic (exact) mass is 373 g/mol. The number of carbonyl (C=O) groups excluding carboxylic acids is 2. The average Bonchev–Trinajstić information content (AvgIpc) is 2.58. The fourth-order valence-electron chi connectivity index (χ4n) is 2.45. The molecule has 26 heavy (non-hydrogen) atoms. The van der Waals surface area contributed by atoms with E-state index in [4.69, 9.17) is 4.74 Å². The van der Waals surface area contributed by atoms with Gasteiger partial charge in [0.15, 0.2) is 11.8 Å². The molecule has 2 rings (SSSR count). The van der Waals surface area contributed by atoms with E-state index in [0.717, 1.165) is 17.1 Å². The molecule has 0 spiro atoms. The highest BCUT2D eigenvalue weighted by atomic mass is 32.2. The Morgan fingerprint density at radius 3 is 2.31 bits per heavy atom. The first-order chi connectivity index (χ1) is 12.4. The molecule has 1 heterocycles. The molecule has 2 aromatic rings. The number of nitrogens with zero attached hydrogens (tertiary/aromatic N) is 3. The molecule has 1 aromatic carbocycles. The van der Waals surface area contributed by atoms with E-state index in [1.807, 2.05) is 64.1 Å². The Bertz CT molecular complexity index is 746. The van der Waals surface area contributed by atoms with E-state index >= 15 is 0 Å². The van der Waals surface area contributed by atoms with E-state index in [-0.39, 0.29) is 24.3 Å². The second-order valence-electron chi connectivity index (χ2n) is 6.08. The second-order valence-corrected chi connectivity index (χ2v) is 7.02. The summed E-state index contributed by atoms with van der Waals surface area (Å²) in [5.74, 6) is -0.668. The first kappa shape index (κ1) is 19.9. The summed E-state index contributed by atoms with van der Waals surface area (Å²) in [4.78, 5) is 34.6. The molecule has 1 amide bonds. The lowest BCUT2D eigenvalue weighted by Crippen LogP contribution is -2.40. The van der Waals surface area contributed by atoms with Crippen LogP contribution in [0.5, 0.6) is 0 Å². The van der Waals surface area contributed by atoms with Crippen LogP contribution in [0.1, 0.15) is 25.2 Å². The summed E-state index contributed by atoms with van der Waals surface area (Å²) < 4.78 is 5.13. The third-order valence-corrected chi connectivity index (χ3v) is 4.28. The van der Waals surface area contributed by atoms with Gasteiger partial charge in [-0.3, -0.25) is 9.59 Å². The zero-order valence-electron chi connectivity index (χ0n) is 15.4. The van der Waals surface area contributed by atoms with Crippen molar-refractivity contribution < 1.29 is 14.3 Å². The molecule has 0 atom stereocenters. The normalized spacial score (nSPS) is 10.7. The lowest BCUT2D eigenvalue weighted by Gasteiger charge is -2.26. The number of aryl methyl sites for hydroxylation is 2. The van der Waals surface area contributed by atoms with Crippen molar-refractivity contribution in [3.05, 3.63) is 47.8 Å². The van der Waals surface area contributed by atoms with Crippen molar-refractivity contribution in [3.63, 3.8) is 0 Å². The molecule has 6 nitrogen and oxygen atoms in total. The van der Waals surface area contributed by atoms with E-state index in [2.05, 4.69) is 9.97 Å². The number of amides is 1. The fourth-order valence-corrected chi connectivity index (χ4v) is 3.20. The van der Waals surface area contributed by atoms with E-state index in [1.165, 1.54) is 11.8 Å². The van der Waals surface area contributed by atoms with Crippen molar-refractivity contribution in [1.82, 2.24) is 9.97 Å². The third-order valence-electron chi connectivity index (χ3n) is 3.46. The molecule has 0 aliphatic carbocycles. The second kappa shape index (κ2) is 9.33. The lowest BCUT2D eigenvalue weighted by molar-refractivity contribution is -0.145. The number of aromatic nitrogens is 2. The van der Waals surface area contributed by atoms with Gasteiger partial charge in [0.2, 0.25) is 0 Å². The van der Waals surface area contributed by atoms with E-state index in [1.54, 1.807) is 4.90 Å². The Morgan fingerprint density at radius 2 is 1.73 bits per heavy atom. The molecule has 0 aliphatic rings. The van der Waals surface area contributed by atoms with Crippen molar-refractivity contribution in [3.8, 4) is 0 Å². The number of anilines is 1. The lowest BCUT2D eigenvalue weighted by atomic mass is 10.2. The van der Waals surface area contributed by atoms with Gasteiger partial charge in [0, 0.05) is 23.1 Å². The van der Waals surface area contributed by atoms with Gasteiger partial charge in [-0.05, 0) is 45.9 Å². The summed E-state index contributed by atoms with van der Waals surface area (Å²) in [6.07, 6.45) is 0. The summed E-state index contributed by atoms with van der Waals surface area (Å²) in [7, 11) is 0. The first-order valence-electron chi connectivity index (χ1n) is 8.34. The molecule has 0 saturated heterocycles. The molecule has 138 valence electrons. The summed E-state index contributed by atoms with van der Waals surface area (Å²) in [6.45, 7) is 7.29. The van der Waals surface area contributed by atoms with Crippen LogP contribution in [0.15, 0.2) is 41.6 Å². The van der Waals surface area contributed by atoms with Crippen molar-refractivity contribution >= 4 is 29.3 Å². The van der Waals surface area contributed by atoms with Crippen LogP contribution < -0.4 is 4.90 Å². The van der Waals surface area contributed by atoms with Crippen LogP contribution in [0, 0.1) is 13.8 Å². The summed E-state index contributed by atoms with van der Waals surface area (Å²) in [5.41, 5.74) is 2.47. The highest BCUT2D eigenvalue weighted by Crippen LogP contribution is 2.17. The standard InChI is InChI=1S/C19H23N3O3S/c1-13(2)22(16-8-6-5-7-9-16)17(23)11-25-18(24)12-26-19-20-14(3)10-15(4)21-19/h5-10,13H,11-12H2,1-4H3. The number of carbonyl (C=O) groups is 2. The summed E-state index contributed by atoms with van der Waals surface area (Å²) in [6, 6.07) is 11.2. The van der Waals surface area contributed by atoms with Crippen LogP contribution in [0.3, 0.4) is 0 Å². The predicted octanol–water partition coefficient (Wildman–Crippen LogP) is 3.17. The number of esters is 1. The smallest absolute Gasteiger partial charge is 0.316 e. The van der Waals surface area contributed by atoms with Crippen molar-refractivity contribution in [2.75, 3.05) is 17.3 Å². The maximum absolute atomic E-state index is 12.5. The molecule has 0 N–H and O–H groups in total. The minimum Gasteiger partial charge on any atom is -0.455 e. The maximum Gasteiger partial charge on any atom is 0.316 e. The van der Waals surface area contributed by atoms with Gasteiger partial charge in [0.25, 0.3) is 5.91 Å². The predicted molar refractivity (Wildman–Crippen MR) is 102 cm³/mol. The minimum absolute atomic E-state index is 0.0401. The Labute approximate surface area is 158 Å². The molecule has 0 fully saturated rings. The van der Waals surface area contributed by atoms with Gasteiger partial charge in [0.1, 0.15) is 0 Å². The van der Waals surface area contributed by atoms with E-state index < -0.39 is 5.97 Å². The molecule has 0 bridgehead atoms. The topological polar surface area (TPSA) is 72.4 Å². The molecule has 7 heteroatoms. The molecular formula is C19H23N3O3S. The van der Waals surface area contributed by atoms with Gasteiger partial charge in [-0.2, -0.15) is 0 Å². The van der Waals surface area contributed by atoms with Crippen molar-refractivity contribution in [1.29, 1.82) is 0 Å². The van der Waals surface area contributed by atoms with E-state index in [9.17, 15) is 9.59 Å². The van der Waals surface area contributed by atoms with Crippen LogP contribution in [-0.4, -0.2) is 40.2 Å². The number of thioether (sulfide) groups is 1. The summed E-state index contributed by atoms with van der Waals surface area (Å²) in [5, 5.41) is 0.527. The summed E-state index contributed by atoms with van der Waals surface area (Å²) >= 11 is 1.20. The van der Waals surface area contributed by atoms with Crippen LogP contribution in [0.2, 0.25) is 0 Å². The highest BCUT2D eigenvalue weighted by Gasteiger charge is 2.20. The Balaban J connectivity index is 1.88. The Kier molecular flexibility index (Phi) is 7.15. The third kappa shape index (κ3) is 5.84. The molecule has 0 aliphatic heterocycles. The first-order valence-corrected chi connectivity index (χ1v) is 9.33. The van der Waals surface area contributed by atoms with Gasteiger partial charge >= 0.3 is 5.97 Å². The van der Waals surface area contributed by atoms with Gasteiger partial charge < -0.3 is 9.64 Å². The maximum atomic E-state index is 12.5. The molecule has 0 saturated carbocycles. The van der Waals surface area contributed by atoms with Crippen molar-refractivity contribution in [2.24, 2.45) is 0 Å². The van der Waals surface area contributed by atoms with Gasteiger partial charge in [-0.1, -0.05) is 30.0 Å². The van der Waals surface area contributed by atoms with Gasteiger partial charge in [-0.15, -0.1) is 0 Å². The Morgan fingerprint density at radius 1 is 1.12 bits per heavy atom. The van der Waals surface area contributed by atoms with Gasteiger partial charge in [-0.25, -0.2) is 9.97 Å². The zero-order chi connectivity index (χ0) is 19.1. The number of rotatable bonds is 7. The van der Waals surface area contributed by atoms with Gasteiger partial charge in [0.05, 0.1) is 5.75 Å². The van der Waals surface area contributed by atoms with Crippen LogP contribution >= 0.6 is 11.8 Å². The fraction of sp³-hybridized carbons (Fsp3) is 0.368. The van der Waals surface area contributed by atoms with Crippen LogP contribution in [0.4, 0.5) is 5.69 Å². The molecular weight excluding hydrogens is 350 g/mol. The number of benzene rings is 1. The van der Waals surface area contributed by atoms with Crippen LogP contribution in [-0.2, 0) is 14.3 Å². The number of ether oxygens (including phenoxy) is 1. The highest BCUT2D eigenvalue weighted by molar-refractivity contribution is 7.99. The minimum atomic E-state index is -0.470. The SMILES string of the molecule is Cc1cc(C)nc(SCC(=O)OCC(=O)N(c2ccccc2)C(C)C)n1. The van der Waals surface area contributed by atoms with Crippen molar-refractivity contribution in [2.45, 2.75) is 38.9 Å². The zero-order valence-corrected chi connectivity index (χ0v) is 16.2. The molecule has 0 unspecified atom stereocenters. The quantitative estimate of drug-likeness (QED) is 0.422. The number of hydrogen-bond donors (Lipinski definition) is 0. The van der Waals surface area contributed by atoms with Crippen LogP contribution in [0.25, 0.3) is 0 Å². The molecule has 0 radical (unpaired) electrons. The Hall–Kier alpha value is -2.41. The number of para-hydroxylation sites is 1.